The van der Waals surface area contributed by atoms with Crippen LogP contribution in [0.2, 0.25) is 0 Å². The highest BCUT2D eigenvalue weighted by atomic mass is 35.5. The molecule has 0 saturated carbocycles. The fourth-order valence-electron chi connectivity index (χ4n) is 3.93. The normalized spacial score (nSPS) is 24.7. The third kappa shape index (κ3) is 4.44. The van der Waals surface area contributed by atoms with E-state index in [-0.39, 0.29) is 29.0 Å². The van der Waals surface area contributed by atoms with E-state index in [0.717, 1.165) is 12.1 Å². The number of benzene rings is 1. The molecule has 0 amide bonds. The molecule has 13 heteroatoms. The number of aliphatic hydroxyl groups excluding tert-OH is 3. The fourth-order valence-corrected chi connectivity index (χ4v) is 3.93. The summed E-state index contributed by atoms with van der Waals surface area (Å²) in [6, 6.07) is 4.83. The van der Waals surface area contributed by atoms with Gasteiger partial charge in [0.25, 0.3) is 0 Å². The van der Waals surface area contributed by atoms with Crippen LogP contribution < -0.4 is 5.49 Å². The highest BCUT2D eigenvalue weighted by molar-refractivity contribution is 5.85. The summed E-state index contributed by atoms with van der Waals surface area (Å²) in [7, 11) is 1.37. The van der Waals surface area contributed by atoms with Crippen LogP contribution in [-0.2, 0) is 15.8 Å². The molecule has 4 rings (SSSR count). The van der Waals surface area contributed by atoms with Crippen molar-refractivity contribution in [3.05, 3.63) is 59.0 Å². The van der Waals surface area contributed by atoms with Crippen molar-refractivity contribution in [3.63, 3.8) is 0 Å². The molecule has 180 valence electrons. The molecule has 3 aromatic rings. The van der Waals surface area contributed by atoms with Gasteiger partial charge in [0.1, 0.15) is 37.2 Å². The number of aryl methyl sites for hydroxylation is 1. The van der Waals surface area contributed by atoms with Crippen molar-refractivity contribution in [1.82, 2.24) is 14.5 Å². The second-order valence-corrected chi connectivity index (χ2v) is 7.47. The molecule has 33 heavy (non-hydrogen) atoms. The predicted molar refractivity (Wildman–Crippen MR) is 111 cm³/mol. The van der Waals surface area contributed by atoms with Crippen LogP contribution in [0, 0.1) is 6.92 Å². The summed E-state index contributed by atoms with van der Waals surface area (Å²) < 4.78 is 46.4. The van der Waals surface area contributed by atoms with Gasteiger partial charge in [0.15, 0.2) is 6.23 Å². The standard InChI is InChI=1S/C20H21F3N4O5.ClH/c1-9-7-10(3-4-12(9)20(21,22)23)13(28)16-14(29)15(30)19(32-16)27-6-5-11-17(26-31-2)24-8-25-18(11)27;/h3-8,13-16,19,28-30H,1-2H3,(H,24,25,26);1H/t13?,14-,15+,16+,19+;/m0./s1. The van der Waals surface area contributed by atoms with Crippen LogP contribution in [0.25, 0.3) is 11.0 Å². The Hall–Kier alpha value is -2.64. The summed E-state index contributed by atoms with van der Waals surface area (Å²) in [4.78, 5) is 11.7. The van der Waals surface area contributed by atoms with Crippen LogP contribution in [0.5, 0.6) is 0 Å². The second kappa shape index (κ2) is 9.31. The molecule has 1 aliphatic rings. The molecule has 9 nitrogen and oxygen atoms in total. The fraction of sp³-hybridized carbons (Fsp3) is 0.400. The maximum Gasteiger partial charge on any atom is 0.416 e. The molecule has 0 aliphatic carbocycles. The van der Waals surface area contributed by atoms with Crippen molar-refractivity contribution in [3.8, 4) is 0 Å². The number of aromatic amines is 1. The molecule has 0 spiro atoms. The van der Waals surface area contributed by atoms with Crippen LogP contribution in [0.15, 0.2) is 41.9 Å². The Bertz CT molecular complexity index is 1200. The smallest absolute Gasteiger partial charge is 0.397 e. The molecule has 1 saturated heterocycles. The van der Waals surface area contributed by atoms with Crippen LogP contribution in [-0.4, -0.2) is 55.3 Å². The van der Waals surface area contributed by atoms with Crippen LogP contribution in [0.1, 0.15) is 29.0 Å². The molecule has 0 bridgehead atoms. The number of nitrogens with one attached hydrogen (secondary N) is 1. The summed E-state index contributed by atoms with van der Waals surface area (Å²) >= 11 is 0. The van der Waals surface area contributed by atoms with Gasteiger partial charge >= 0.3 is 6.18 Å². The van der Waals surface area contributed by atoms with E-state index in [1.54, 1.807) is 12.3 Å². The van der Waals surface area contributed by atoms with E-state index in [4.69, 9.17) is 9.57 Å². The molecule has 1 aliphatic heterocycles. The number of ether oxygens (including phenoxy) is 1. The first kappa shape index (κ1) is 25.0. The zero-order valence-electron chi connectivity index (χ0n) is 17.4. The van der Waals surface area contributed by atoms with Crippen molar-refractivity contribution in [2.24, 2.45) is 5.16 Å². The molecular weight excluding hydrogens is 469 g/mol. The Labute approximate surface area is 191 Å². The number of halogens is 4. The molecule has 3 heterocycles. The maximum absolute atomic E-state index is 13.0. The van der Waals surface area contributed by atoms with Gasteiger partial charge in [0, 0.05) is 6.20 Å². The summed E-state index contributed by atoms with van der Waals surface area (Å²) in [5.74, 6) is 0. The molecule has 5 atom stereocenters. The summed E-state index contributed by atoms with van der Waals surface area (Å²) in [6.07, 6.45) is -8.35. The van der Waals surface area contributed by atoms with E-state index in [9.17, 15) is 28.5 Å². The highest BCUT2D eigenvalue weighted by Gasteiger charge is 2.47. The Morgan fingerprint density at radius 1 is 1.24 bits per heavy atom. The number of rotatable bonds is 4. The lowest BCUT2D eigenvalue weighted by atomic mass is 9.96. The van der Waals surface area contributed by atoms with E-state index in [2.05, 4.69) is 15.1 Å². The minimum Gasteiger partial charge on any atom is -0.397 e. The molecule has 2 aromatic heterocycles. The van der Waals surface area contributed by atoms with Gasteiger partial charge in [-0.05, 0) is 30.2 Å². The number of hydrogen-bond donors (Lipinski definition) is 4. The number of H-pyrrole nitrogens is 1. The zero-order chi connectivity index (χ0) is 23.2. The number of alkyl halides is 3. The van der Waals surface area contributed by atoms with E-state index in [0.29, 0.717) is 11.0 Å². The largest absolute Gasteiger partial charge is 0.416 e. The number of hydrogen-bond acceptors (Lipinski definition) is 7. The van der Waals surface area contributed by atoms with Crippen molar-refractivity contribution in [2.45, 2.75) is 43.7 Å². The topological polar surface area (TPSA) is 125 Å². The summed E-state index contributed by atoms with van der Waals surface area (Å²) in [5, 5.41) is 36.2. The van der Waals surface area contributed by atoms with Crippen molar-refractivity contribution in [2.75, 3.05) is 7.11 Å². The van der Waals surface area contributed by atoms with Crippen molar-refractivity contribution >= 4 is 23.4 Å². The summed E-state index contributed by atoms with van der Waals surface area (Å²) in [5.41, 5.74) is -0.0230. The Kier molecular flexibility index (Phi) is 7.05. The molecule has 4 N–H and O–H groups in total. The van der Waals surface area contributed by atoms with Gasteiger partial charge in [-0.2, -0.15) is 13.2 Å². The number of nitrogens with zero attached hydrogens (tertiary/aromatic N) is 3. The lowest BCUT2D eigenvalue weighted by Crippen LogP contribution is -2.34. The Balaban J connectivity index is 0.00000306. The van der Waals surface area contributed by atoms with Crippen molar-refractivity contribution < 1.29 is 38.1 Å². The van der Waals surface area contributed by atoms with Gasteiger partial charge < -0.3 is 34.4 Å². The first-order chi connectivity index (χ1) is 15.1. The first-order valence-electron chi connectivity index (χ1n) is 9.62. The monoisotopic (exact) mass is 490 g/mol. The van der Waals surface area contributed by atoms with Gasteiger partial charge in [-0.25, -0.2) is 4.98 Å². The van der Waals surface area contributed by atoms with E-state index in [1.165, 1.54) is 31.0 Å². The quantitative estimate of drug-likeness (QED) is 0.414. The summed E-state index contributed by atoms with van der Waals surface area (Å²) in [6.45, 7) is 1.28. The average molecular weight is 491 g/mol. The third-order valence-corrected chi connectivity index (χ3v) is 5.48. The lowest BCUT2D eigenvalue weighted by Gasteiger charge is -2.22. The predicted octanol–water partition coefficient (Wildman–Crippen LogP) is 1.93. The minimum atomic E-state index is -4.52. The molecule has 1 unspecified atom stereocenters. The maximum atomic E-state index is 13.0. The van der Waals surface area contributed by atoms with E-state index in [1.807, 2.05) is 0 Å². The second-order valence-electron chi connectivity index (χ2n) is 7.47. The first-order valence-corrected chi connectivity index (χ1v) is 9.62. The van der Waals surface area contributed by atoms with Crippen LogP contribution >= 0.6 is 12.4 Å². The van der Waals surface area contributed by atoms with Gasteiger partial charge in [-0.1, -0.05) is 17.3 Å². The van der Waals surface area contributed by atoms with Gasteiger partial charge in [-0.3, -0.25) is 0 Å². The van der Waals surface area contributed by atoms with Crippen molar-refractivity contribution in [1.29, 1.82) is 0 Å². The highest BCUT2D eigenvalue weighted by Crippen LogP contribution is 2.38. The van der Waals surface area contributed by atoms with Crippen LogP contribution in [0.3, 0.4) is 0 Å². The van der Waals surface area contributed by atoms with Crippen LogP contribution in [0.4, 0.5) is 13.2 Å². The Morgan fingerprint density at radius 2 is 1.97 bits per heavy atom. The van der Waals surface area contributed by atoms with E-state index >= 15 is 0 Å². The average Bonchev–Trinajstić information content (AvgIpc) is 3.29. The number of aliphatic hydroxyl groups is 3. The minimum absolute atomic E-state index is 0. The molecule has 1 fully saturated rings. The van der Waals surface area contributed by atoms with Gasteiger partial charge in [-0.15, -0.1) is 12.4 Å². The number of fused-ring (bicyclic) bond motifs is 1. The zero-order valence-corrected chi connectivity index (χ0v) is 18.2. The molecule has 0 radical (unpaired) electrons. The molecule has 1 aromatic carbocycles. The van der Waals surface area contributed by atoms with E-state index < -0.39 is 42.4 Å². The third-order valence-electron chi connectivity index (χ3n) is 5.48. The SMILES string of the molecule is CO/N=c1\nc[nH]c2c1ccn2[C@@H]1O[C@H](C(O)c2ccc(C(F)(F)F)c(C)c2)[C@@H](O)[C@H]1O.Cl. The lowest BCUT2D eigenvalue weighted by molar-refractivity contribution is -0.138. The van der Waals surface area contributed by atoms with Gasteiger partial charge in [0.05, 0.1) is 17.3 Å². The Morgan fingerprint density at radius 3 is 2.61 bits per heavy atom. The number of aromatic nitrogens is 3. The van der Waals surface area contributed by atoms with Gasteiger partial charge in [0.2, 0.25) is 5.49 Å². The molecular formula is C20H22ClF3N4O5.